The third-order valence-electron chi connectivity index (χ3n) is 7.60. The maximum atomic E-state index is 14.9. The van der Waals surface area contributed by atoms with Crippen molar-refractivity contribution in [3.8, 4) is 11.5 Å². The smallest absolute Gasteiger partial charge is 0.445 e. The lowest BCUT2D eigenvalue weighted by atomic mass is 10.1. The van der Waals surface area contributed by atoms with Crippen LogP contribution >= 0.6 is 7.60 Å². The Bertz CT molecular complexity index is 1730. The molecule has 0 aliphatic carbocycles. The Morgan fingerprint density at radius 1 is 0.745 bits per heavy atom. The first-order chi connectivity index (χ1) is 24.6. The fraction of sp³-hybridized carbons (Fsp3) is 0.243. The van der Waals surface area contributed by atoms with Gasteiger partial charge in [-0.25, -0.2) is 9.36 Å². The summed E-state index contributed by atoms with van der Waals surface area (Å²) in [6.45, 7) is 1.86. The molecule has 4 aromatic carbocycles. The summed E-state index contributed by atoms with van der Waals surface area (Å²) in [5.41, 5.74) is 12.8. The molecule has 13 nitrogen and oxygen atoms in total. The minimum atomic E-state index is -4.37. The number of nitrogens with two attached hydrogens (primary N) is 2. The van der Waals surface area contributed by atoms with Gasteiger partial charge in [-0.1, -0.05) is 91.0 Å². The monoisotopic (exact) mass is 714 g/mol. The van der Waals surface area contributed by atoms with Crippen molar-refractivity contribution in [2.45, 2.75) is 50.7 Å². The van der Waals surface area contributed by atoms with E-state index in [1.807, 2.05) is 18.2 Å². The number of hydrogen-bond acceptors (Lipinski definition) is 9. The molecule has 0 aromatic heterocycles. The summed E-state index contributed by atoms with van der Waals surface area (Å²) in [6.07, 6.45) is 0.593. The largest absolute Gasteiger partial charge is 0.457 e. The predicted octanol–water partition coefficient (Wildman–Crippen LogP) is 5.37. The Labute approximate surface area is 297 Å². The summed E-state index contributed by atoms with van der Waals surface area (Å²) in [4.78, 5) is 39.9. The van der Waals surface area contributed by atoms with Crippen LogP contribution in [0, 0.1) is 5.41 Å². The standard InChI is InChI=1S/C37H43N6O7P/c1-26(41-35(45)32(19-11-12-24-38)42-37(46)48-25-27-13-5-2-6-14-27)34(44)43-36(29-22-20-28(21-23-29)33(39)40)51(47,49-30-15-7-3-8-16-30)50-31-17-9-4-10-18-31/h2-10,13-18,20-23,26,32,36H,11-12,19,24-25,38H2,1H3,(H3,39,40)(H,41,45)(H,42,46)(H,43,44)/t26-,32-,36?/m0/s1. The summed E-state index contributed by atoms with van der Waals surface area (Å²) in [7, 11) is -4.37. The molecule has 0 aliphatic rings. The van der Waals surface area contributed by atoms with Crippen LogP contribution in [-0.2, 0) is 25.5 Å². The number of nitrogen functional groups attached to an aromatic ring is 1. The molecule has 3 amide bonds. The number of nitrogens with one attached hydrogen (secondary N) is 4. The van der Waals surface area contributed by atoms with Gasteiger partial charge in [0.2, 0.25) is 11.8 Å². The molecule has 8 N–H and O–H groups in total. The number of ether oxygens (including phenoxy) is 1. The lowest BCUT2D eigenvalue weighted by Crippen LogP contribution is -2.53. The lowest BCUT2D eigenvalue weighted by Gasteiger charge is -2.29. The Hall–Kier alpha value is -5.65. The third kappa shape index (κ3) is 11.7. The second kappa shape index (κ2) is 18.9. The van der Waals surface area contributed by atoms with E-state index < -0.39 is 43.4 Å². The van der Waals surface area contributed by atoms with Gasteiger partial charge in [-0.15, -0.1) is 0 Å². The molecule has 3 atom stereocenters. The summed E-state index contributed by atoms with van der Waals surface area (Å²) in [5, 5.41) is 15.8. The number of unbranched alkanes of at least 4 members (excludes halogenated alkanes) is 1. The van der Waals surface area contributed by atoms with Crippen LogP contribution in [0.5, 0.6) is 11.5 Å². The Balaban J connectivity index is 1.56. The van der Waals surface area contributed by atoms with Crippen molar-refractivity contribution >= 4 is 31.3 Å². The van der Waals surface area contributed by atoms with E-state index in [-0.39, 0.29) is 30.4 Å². The normalized spacial score (nSPS) is 12.7. The highest BCUT2D eigenvalue weighted by atomic mass is 31.2. The highest BCUT2D eigenvalue weighted by molar-refractivity contribution is 7.55. The van der Waals surface area contributed by atoms with Crippen LogP contribution in [0.4, 0.5) is 4.79 Å². The number of amides is 3. The van der Waals surface area contributed by atoms with Crippen molar-refractivity contribution in [1.82, 2.24) is 16.0 Å². The summed E-state index contributed by atoms with van der Waals surface area (Å²) in [6, 6.07) is 29.8. The molecule has 0 fully saturated rings. The van der Waals surface area contributed by atoms with Gasteiger partial charge < -0.3 is 41.2 Å². The molecule has 0 radical (unpaired) electrons. The zero-order chi connectivity index (χ0) is 36.6. The van der Waals surface area contributed by atoms with E-state index in [0.717, 1.165) is 5.56 Å². The first-order valence-electron chi connectivity index (χ1n) is 16.4. The fourth-order valence-electron chi connectivity index (χ4n) is 4.88. The van der Waals surface area contributed by atoms with E-state index in [4.69, 9.17) is 30.7 Å². The maximum absolute atomic E-state index is 14.9. The van der Waals surface area contributed by atoms with Crippen molar-refractivity contribution < 1.29 is 32.7 Å². The highest BCUT2D eigenvalue weighted by Crippen LogP contribution is 2.59. The number of carbonyl (C=O) groups is 3. The predicted molar refractivity (Wildman–Crippen MR) is 194 cm³/mol. The van der Waals surface area contributed by atoms with Gasteiger partial charge in [0.1, 0.15) is 36.0 Å². The summed E-state index contributed by atoms with van der Waals surface area (Å²) < 4.78 is 32.3. The van der Waals surface area contributed by atoms with Gasteiger partial charge in [-0.2, -0.15) is 0 Å². The molecule has 0 heterocycles. The number of rotatable bonds is 18. The molecule has 268 valence electrons. The molecule has 0 bridgehead atoms. The van der Waals surface area contributed by atoms with Crippen LogP contribution in [0.2, 0.25) is 0 Å². The lowest BCUT2D eigenvalue weighted by molar-refractivity contribution is -0.129. The minimum absolute atomic E-state index is 0.00751. The minimum Gasteiger partial charge on any atom is -0.445 e. The van der Waals surface area contributed by atoms with E-state index in [1.54, 1.807) is 97.1 Å². The van der Waals surface area contributed by atoms with E-state index in [0.29, 0.717) is 30.5 Å². The average Bonchev–Trinajstić information content (AvgIpc) is 3.13. The number of alkyl carbamates (subject to hydrolysis) is 1. The third-order valence-corrected chi connectivity index (χ3v) is 9.59. The zero-order valence-corrected chi connectivity index (χ0v) is 29.1. The van der Waals surface area contributed by atoms with E-state index >= 15 is 0 Å². The van der Waals surface area contributed by atoms with Crippen LogP contribution in [-0.4, -0.2) is 42.4 Å². The summed E-state index contributed by atoms with van der Waals surface area (Å²) >= 11 is 0. The number of hydrogen-bond donors (Lipinski definition) is 6. The molecule has 0 saturated heterocycles. The molecule has 4 rings (SSSR count). The van der Waals surface area contributed by atoms with Gasteiger partial charge in [0.15, 0.2) is 5.78 Å². The number of para-hydroxylation sites is 2. The van der Waals surface area contributed by atoms with Crippen molar-refractivity contribution in [3.05, 3.63) is 132 Å². The van der Waals surface area contributed by atoms with Crippen LogP contribution < -0.4 is 36.5 Å². The van der Waals surface area contributed by atoms with Gasteiger partial charge >= 0.3 is 13.7 Å². The molecule has 4 aromatic rings. The fourth-order valence-corrected chi connectivity index (χ4v) is 6.78. The maximum Gasteiger partial charge on any atom is 0.457 e. The quantitative estimate of drug-likeness (QED) is 0.0339. The Morgan fingerprint density at radius 3 is 1.82 bits per heavy atom. The Kier molecular flexibility index (Phi) is 14.2. The van der Waals surface area contributed by atoms with Crippen LogP contribution in [0.3, 0.4) is 0 Å². The number of benzene rings is 4. The molecule has 1 unspecified atom stereocenters. The van der Waals surface area contributed by atoms with Gasteiger partial charge in [0, 0.05) is 5.56 Å². The first kappa shape index (κ1) is 38.2. The van der Waals surface area contributed by atoms with Crippen molar-refractivity contribution in [2.75, 3.05) is 6.54 Å². The van der Waals surface area contributed by atoms with Gasteiger partial charge in [0.25, 0.3) is 0 Å². The first-order valence-corrected chi connectivity index (χ1v) is 18.0. The second-order valence-electron chi connectivity index (χ2n) is 11.6. The van der Waals surface area contributed by atoms with Crippen LogP contribution in [0.25, 0.3) is 0 Å². The Morgan fingerprint density at radius 2 is 1.29 bits per heavy atom. The highest BCUT2D eigenvalue weighted by Gasteiger charge is 2.43. The molecule has 0 spiro atoms. The van der Waals surface area contributed by atoms with Crippen molar-refractivity contribution in [3.63, 3.8) is 0 Å². The SMILES string of the molecule is C[C@H](NC(=O)[C@H](CCCCN)NC(=O)OCc1ccccc1)C(=O)NC(c1ccc(C(=N)N)cc1)P(=O)(Oc1ccccc1)Oc1ccccc1. The van der Waals surface area contributed by atoms with Crippen LogP contribution in [0.15, 0.2) is 115 Å². The van der Waals surface area contributed by atoms with E-state index in [1.165, 1.54) is 6.92 Å². The number of amidine groups is 1. The average molecular weight is 715 g/mol. The molecule has 14 heteroatoms. The van der Waals surface area contributed by atoms with Gasteiger partial charge in [0.05, 0.1) is 0 Å². The van der Waals surface area contributed by atoms with E-state index in [2.05, 4.69) is 16.0 Å². The number of carbonyl (C=O) groups excluding carboxylic acids is 3. The molecular weight excluding hydrogens is 671 g/mol. The van der Waals surface area contributed by atoms with Gasteiger partial charge in [-0.05, 0) is 68.1 Å². The van der Waals surface area contributed by atoms with Crippen molar-refractivity contribution in [1.29, 1.82) is 5.41 Å². The van der Waals surface area contributed by atoms with Crippen LogP contribution in [0.1, 0.15) is 48.7 Å². The molecule has 0 saturated carbocycles. The molecular formula is C37H43N6O7P. The molecule has 0 aliphatic heterocycles. The van der Waals surface area contributed by atoms with E-state index in [9.17, 15) is 18.9 Å². The molecule has 51 heavy (non-hydrogen) atoms. The van der Waals surface area contributed by atoms with Gasteiger partial charge in [-0.3, -0.25) is 15.0 Å². The topological polar surface area (TPSA) is 208 Å². The summed E-state index contributed by atoms with van der Waals surface area (Å²) in [5.74, 6) is -2.46. The van der Waals surface area contributed by atoms with Crippen molar-refractivity contribution in [2.24, 2.45) is 11.5 Å². The second-order valence-corrected chi connectivity index (χ2v) is 13.5. The zero-order valence-electron chi connectivity index (χ0n) is 28.2.